The Hall–Kier alpha value is -0.0800. The standard InChI is InChI=1S/C15H28N2/c1-11(2)9-17-10-15(3,13-6-7-13)16-8-14(17)12-4-5-12/h11-14,16H,4-10H2,1-3H3. The molecule has 98 valence electrons. The summed E-state index contributed by atoms with van der Waals surface area (Å²) >= 11 is 0. The zero-order valence-electron chi connectivity index (χ0n) is 11.7. The van der Waals surface area contributed by atoms with Crippen LogP contribution >= 0.6 is 0 Å². The topological polar surface area (TPSA) is 15.3 Å². The summed E-state index contributed by atoms with van der Waals surface area (Å²) in [5.41, 5.74) is 0.417. The van der Waals surface area contributed by atoms with Gasteiger partial charge in [0.05, 0.1) is 0 Å². The predicted octanol–water partition coefficient (Wildman–Crippen LogP) is 2.49. The van der Waals surface area contributed by atoms with Crippen molar-refractivity contribution in [2.45, 2.75) is 58.0 Å². The van der Waals surface area contributed by atoms with Crippen LogP contribution in [0.15, 0.2) is 0 Å². The highest BCUT2D eigenvalue weighted by molar-refractivity contribution is 5.06. The van der Waals surface area contributed by atoms with Crippen molar-refractivity contribution in [2.75, 3.05) is 19.6 Å². The van der Waals surface area contributed by atoms with Gasteiger partial charge in [-0.1, -0.05) is 13.8 Å². The van der Waals surface area contributed by atoms with Crippen molar-refractivity contribution < 1.29 is 0 Å². The molecule has 3 aliphatic rings. The van der Waals surface area contributed by atoms with Gasteiger partial charge in [0.2, 0.25) is 0 Å². The molecule has 0 spiro atoms. The average Bonchev–Trinajstić information content (AvgIpc) is 3.11. The molecule has 0 aromatic rings. The summed E-state index contributed by atoms with van der Waals surface area (Å²) in [6, 6.07) is 0.837. The van der Waals surface area contributed by atoms with E-state index in [2.05, 4.69) is 31.0 Å². The summed E-state index contributed by atoms with van der Waals surface area (Å²) in [7, 11) is 0. The number of nitrogens with one attached hydrogen (secondary N) is 1. The minimum Gasteiger partial charge on any atom is -0.308 e. The molecule has 2 aliphatic carbocycles. The number of hydrogen-bond acceptors (Lipinski definition) is 2. The lowest BCUT2D eigenvalue weighted by Crippen LogP contribution is -2.64. The van der Waals surface area contributed by atoms with Gasteiger partial charge in [0.25, 0.3) is 0 Å². The lowest BCUT2D eigenvalue weighted by atomic mass is 9.89. The normalized spacial score (nSPS) is 39.9. The van der Waals surface area contributed by atoms with Crippen molar-refractivity contribution in [1.82, 2.24) is 10.2 Å². The smallest absolute Gasteiger partial charge is 0.0309 e. The number of rotatable bonds is 4. The summed E-state index contributed by atoms with van der Waals surface area (Å²) in [5.74, 6) is 2.76. The van der Waals surface area contributed by atoms with E-state index in [1.165, 1.54) is 45.3 Å². The molecule has 2 heteroatoms. The minimum atomic E-state index is 0.417. The fourth-order valence-electron chi connectivity index (χ4n) is 3.67. The van der Waals surface area contributed by atoms with Gasteiger partial charge in [-0.15, -0.1) is 0 Å². The van der Waals surface area contributed by atoms with E-state index in [-0.39, 0.29) is 0 Å². The molecule has 0 aromatic carbocycles. The highest BCUT2D eigenvalue weighted by atomic mass is 15.3. The van der Waals surface area contributed by atoms with Crippen LogP contribution < -0.4 is 5.32 Å². The monoisotopic (exact) mass is 236 g/mol. The van der Waals surface area contributed by atoms with Crippen LogP contribution in [0, 0.1) is 17.8 Å². The van der Waals surface area contributed by atoms with E-state index in [1.807, 2.05) is 0 Å². The van der Waals surface area contributed by atoms with Gasteiger partial charge in [0.1, 0.15) is 0 Å². The van der Waals surface area contributed by atoms with Gasteiger partial charge < -0.3 is 5.32 Å². The molecule has 3 rings (SSSR count). The average molecular weight is 236 g/mol. The predicted molar refractivity (Wildman–Crippen MR) is 72.1 cm³/mol. The van der Waals surface area contributed by atoms with E-state index in [1.54, 1.807) is 0 Å². The van der Waals surface area contributed by atoms with Crippen molar-refractivity contribution in [2.24, 2.45) is 17.8 Å². The van der Waals surface area contributed by atoms with E-state index >= 15 is 0 Å². The first kappa shape index (κ1) is 12.0. The Balaban J connectivity index is 1.68. The van der Waals surface area contributed by atoms with Crippen molar-refractivity contribution >= 4 is 0 Å². The maximum atomic E-state index is 3.89. The third kappa shape index (κ3) is 2.53. The van der Waals surface area contributed by atoms with Crippen molar-refractivity contribution in [3.05, 3.63) is 0 Å². The second-order valence-electron chi connectivity index (χ2n) is 7.30. The molecular formula is C15H28N2. The Morgan fingerprint density at radius 1 is 1.24 bits per heavy atom. The molecule has 1 heterocycles. The largest absolute Gasteiger partial charge is 0.308 e. The molecule has 2 saturated carbocycles. The van der Waals surface area contributed by atoms with Crippen LogP contribution in [0.4, 0.5) is 0 Å². The molecule has 1 N–H and O–H groups in total. The van der Waals surface area contributed by atoms with Crippen LogP contribution in [0.3, 0.4) is 0 Å². The van der Waals surface area contributed by atoms with E-state index in [0.717, 1.165) is 23.8 Å². The maximum absolute atomic E-state index is 3.89. The number of piperazine rings is 1. The zero-order chi connectivity index (χ0) is 12.0. The SMILES string of the molecule is CC(C)CN1CC(C)(C2CC2)NCC1C1CC1. The van der Waals surface area contributed by atoms with Crippen molar-refractivity contribution in [1.29, 1.82) is 0 Å². The third-order valence-electron chi connectivity index (χ3n) is 4.96. The van der Waals surface area contributed by atoms with Gasteiger partial charge in [-0.05, 0) is 50.4 Å². The van der Waals surface area contributed by atoms with E-state index in [4.69, 9.17) is 0 Å². The molecular weight excluding hydrogens is 208 g/mol. The lowest BCUT2D eigenvalue weighted by Gasteiger charge is -2.47. The van der Waals surface area contributed by atoms with Gasteiger partial charge in [-0.2, -0.15) is 0 Å². The van der Waals surface area contributed by atoms with Gasteiger partial charge in [0.15, 0.2) is 0 Å². The van der Waals surface area contributed by atoms with Crippen LogP contribution in [0.1, 0.15) is 46.5 Å². The summed E-state index contributed by atoms with van der Waals surface area (Å²) in [5, 5.41) is 3.89. The van der Waals surface area contributed by atoms with Crippen LogP contribution in [0.2, 0.25) is 0 Å². The van der Waals surface area contributed by atoms with Gasteiger partial charge >= 0.3 is 0 Å². The lowest BCUT2D eigenvalue weighted by molar-refractivity contribution is 0.0549. The minimum absolute atomic E-state index is 0.417. The van der Waals surface area contributed by atoms with Gasteiger partial charge in [-0.25, -0.2) is 0 Å². The van der Waals surface area contributed by atoms with Crippen molar-refractivity contribution in [3.8, 4) is 0 Å². The van der Waals surface area contributed by atoms with Gasteiger partial charge in [0, 0.05) is 31.2 Å². The molecule has 0 amide bonds. The Bertz CT molecular complexity index is 281. The Kier molecular flexibility index (Phi) is 2.99. The number of hydrogen-bond donors (Lipinski definition) is 1. The van der Waals surface area contributed by atoms with Gasteiger partial charge in [-0.3, -0.25) is 4.90 Å². The Morgan fingerprint density at radius 2 is 1.94 bits per heavy atom. The van der Waals surface area contributed by atoms with E-state index in [9.17, 15) is 0 Å². The second kappa shape index (κ2) is 4.24. The van der Waals surface area contributed by atoms with Crippen molar-refractivity contribution in [3.63, 3.8) is 0 Å². The summed E-state index contributed by atoms with van der Waals surface area (Å²) < 4.78 is 0. The summed E-state index contributed by atoms with van der Waals surface area (Å²) in [6.45, 7) is 11.0. The highest BCUT2D eigenvalue weighted by Crippen LogP contribution is 2.44. The molecule has 0 bridgehead atoms. The van der Waals surface area contributed by atoms with Crippen LogP contribution in [-0.4, -0.2) is 36.1 Å². The summed E-state index contributed by atoms with van der Waals surface area (Å²) in [6.07, 6.45) is 5.85. The molecule has 0 aromatic heterocycles. The molecule has 1 saturated heterocycles. The fourth-order valence-corrected chi connectivity index (χ4v) is 3.67. The first-order valence-corrected chi connectivity index (χ1v) is 7.57. The highest BCUT2D eigenvalue weighted by Gasteiger charge is 2.48. The van der Waals surface area contributed by atoms with E-state index < -0.39 is 0 Å². The fraction of sp³-hybridized carbons (Fsp3) is 1.00. The van der Waals surface area contributed by atoms with Crippen LogP contribution in [-0.2, 0) is 0 Å². The van der Waals surface area contributed by atoms with Crippen LogP contribution in [0.5, 0.6) is 0 Å². The van der Waals surface area contributed by atoms with Crippen LogP contribution in [0.25, 0.3) is 0 Å². The molecule has 2 unspecified atom stereocenters. The molecule has 1 aliphatic heterocycles. The molecule has 2 atom stereocenters. The third-order valence-corrected chi connectivity index (χ3v) is 4.96. The molecule has 0 radical (unpaired) electrons. The quantitative estimate of drug-likeness (QED) is 0.807. The molecule has 17 heavy (non-hydrogen) atoms. The zero-order valence-corrected chi connectivity index (χ0v) is 11.7. The first-order valence-electron chi connectivity index (χ1n) is 7.57. The first-order chi connectivity index (χ1) is 8.08. The Morgan fingerprint density at radius 3 is 2.47 bits per heavy atom. The summed E-state index contributed by atoms with van der Waals surface area (Å²) in [4.78, 5) is 2.82. The Labute approximate surface area is 106 Å². The van der Waals surface area contributed by atoms with E-state index in [0.29, 0.717) is 5.54 Å². The maximum Gasteiger partial charge on any atom is 0.0309 e. The number of nitrogens with zero attached hydrogens (tertiary/aromatic N) is 1. The molecule has 3 fully saturated rings. The molecule has 2 nitrogen and oxygen atoms in total. The second-order valence-corrected chi connectivity index (χ2v) is 7.30.